The average molecular weight is 445 g/mol. The van der Waals surface area contributed by atoms with Crippen molar-refractivity contribution in [3.8, 4) is 11.1 Å². The number of benzene rings is 2. The van der Waals surface area contributed by atoms with Crippen LogP contribution in [-0.4, -0.2) is 36.9 Å². The standard InChI is InChI=1S/C28H32N2O3/c1-5-28(32)30(18-19-33-4)26-15-12-24(13-16-26)23-8-10-25(11-9-23)27(31)17-14-22-7-6-20(2)29-21(22)3/h6-13,15-16H,5,14,17-19H2,1-4H3. The van der Waals surface area contributed by atoms with Crippen molar-refractivity contribution >= 4 is 17.4 Å². The second kappa shape index (κ2) is 11.5. The fraction of sp³-hybridized carbons (Fsp3) is 0.321. The van der Waals surface area contributed by atoms with Crippen LogP contribution in [0, 0.1) is 13.8 Å². The molecule has 3 rings (SSSR count). The first-order chi connectivity index (χ1) is 15.9. The number of carbonyl (C=O) groups excluding carboxylic acids is 2. The molecule has 3 aromatic rings. The Kier molecular flexibility index (Phi) is 8.50. The number of ketones is 1. The summed E-state index contributed by atoms with van der Waals surface area (Å²) in [6.45, 7) is 6.83. The van der Waals surface area contributed by atoms with Crippen LogP contribution in [0.4, 0.5) is 5.69 Å². The molecule has 1 amide bonds. The molecule has 0 aliphatic heterocycles. The zero-order valence-corrected chi connectivity index (χ0v) is 19.9. The minimum absolute atomic E-state index is 0.0688. The van der Waals surface area contributed by atoms with E-state index < -0.39 is 0 Å². The molecule has 0 saturated heterocycles. The fourth-order valence-electron chi connectivity index (χ4n) is 3.83. The molecular weight excluding hydrogens is 412 g/mol. The molecule has 0 atom stereocenters. The predicted octanol–water partition coefficient (Wildman–Crippen LogP) is 5.57. The summed E-state index contributed by atoms with van der Waals surface area (Å²) < 4.78 is 5.14. The van der Waals surface area contributed by atoms with Gasteiger partial charge in [-0.15, -0.1) is 0 Å². The minimum atomic E-state index is 0.0688. The van der Waals surface area contributed by atoms with Crippen molar-refractivity contribution in [1.29, 1.82) is 0 Å². The lowest BCUT2D eigenvalue weighted by Crippen LogP contribution is -2.33. The molecule has 2 aromatic carbocycles. The van der Waals surface area contributed by atoms with E-state index >= 15 is 0 Å². The number of aryl methyl sites for hydroxylation is 3. The lowest BCUT2D eigenvalue weighted by Gasteiger charge is -2.22. The maximum absolute atomic E-state index is 12.7. The molecule has 0 aliphatic rings. The largest absolute Gasteiger partial charge is 0.383 e. The zero-order valence-electron chi connectivity index (χ0n) is 19.9. The average Bonchev–Trinajstić information content (AvgIpc) is 2.84. The van der Waals surface area contributed by atoms with Crippen LogP contribution in [0.1, 0.15) is 47.1 Å². The summed E-state index contributed by atoms with van der Waals surface area (Å²) in [5.74, 6) is 0.197. The first-order valence-electron chi connectivity index (χ1n) is 11.4. The number of Topliss-reactive ketones (excluding diaryl/α,β-unsaturated/α-hetero) is 1. The van der Waals surface area contributed by atoms with Crippen LogP contribution in [0.15, 0.2) is 60.7 Å². The molecule has 0 aliphatic carbocycles. The number of anilines is 1. The van der Waals surface area contributed by atoms with Crippen LogP contribution in [0.3, 0.4) is 0 Å². The third-order valence-electron chi connectivity index (χ3n) is 5.80. The van der Waals surface area contributed by atoms with E-state index in [4.69, 9.17) is 4.74 Å². The highest BCUT2D eigenvalue weighted by molar-refractivity contribution is 5.96. The molecule has 5 heteroatoms. The molecule has 0 fully saturated rings. The molecule has 0 saturated carbocycles. The van der Waals surface area contributed by atoms with Gasteiger partial charge < -0.3 is 9.64 Å². The van der Waals surface area contributed by atoms with Crippen LogP contribution in [0.2, 0.25) is 0 Å². The maximum atomic E-state index is 12.7. The molecule has 0 bridgehead atoms. The first kappa shape index (κ1) is 24.3. The third kappa shape index (κ3) is 6.36. The summed E-state index contributed by atoms with van der Waals surface area (Å²) in [5.41, 5.74) is 6.74. The van der Waals surface area contributed by atoms with Crippen LogP contribution in [0.25, 0.3) is 11.1 Å². The Bertz CT molecular complexity index is 1090. The molecule has 0 unspecified atom stereocenters. The maximum Gasteiger partial charge on any atom is 0.226 e. The van der Waals surface area contributed by atoms with E-state index in [2.05, 4.69) is 11.1 Å². The summed E-state index contributed by atoms with van der Waals surface area (Å²) in [6, 6.07) is 19.7. The zero-order chi connectivity index (χ0) is 23.8. The Labute approximate surface area is 196 Å². The van der Waals surface area contributed by atoms with Gasteiger partial charge in [-0.25, -0.2) is 0 Å². The van der Waals surface area contributed by atoms with E-state index in [0.29, 0.717) is 38.0 Å². The SMILES string of the molecule is CCC(=O)N(CCOC)c1ccc(-c2ccc(C(=O)CCc3ccc(C)nc3C)cc2)cc1. The quantitative estimate of drug-likeness (QED) is 0.384. The van der Waals surface area contributed by atoms with Crippen molar-refractivity contribution in [2.24, 2.45) is 0 Å². The first-order valence-corrected chi connectivity index (χ1v) is 11.4. The predicted molar refractivity (Wildman–Crippen MR) is 133 cm³/mol. The van der Waals surface area contributed by atoms with Crippen molar-refractivity contribution < 1.29 is 14.3 Å². The molecular formula is C28H32N2O3. The van der Waals surface area contributed by atoms with Gasteiger partial charge in [0.1, 0.15) is 0 Å². The number of hydrogen-bond acceptors (Lipinski definition) is 4. The highest BCUT2D eigenvalue weighted by Gasteiger charge is 2.14. The Morgan fingerprint density at radius 2 is 1.55 bits per heavy atom. The summed E-state index contributed by atoms with van der Waals surface area (Å²) in [5, 5.41) is 0. The van der Waals surface area contributed by atoms with Crippen molar-refractivity contribution in [3.05, 3.63) is 83.2 Å². The number of amides is 1. The number of rotatable bonds is 10. The Hall–Kier alpha value is -3.31. The van der Waals surface area contributed by atoms with Gasteiger partial charge in [-0.2, -0.15) is 0 Å². The van der Waals surface area contributed by atoms with Crippen LogP contribution in [0.5, 0.6) is 0 Å². The van der Waals surface area contributed by atoms with Crippen LogP contribution < -0.4 is 4.90 Å². The number of hydrogen-bond donors (Lipinski definition) is 0. The summed E-state index contributed by atoms with van der Waals surface area (Å²) in [4.78, 5) is 31.2. The van der Waals surface area contributed by atoms with E-state index in [9.17, 15) is 9.59 Å². The van der Waals surface area contributed by atoms with E-state index in [-0.39, 0.29) is 11.7 Å². The molecule has 0 radical (unpaired) electrons. The van der Waals surface area contributed by atoms with Crippen molar-refractivity contribution in [2.45, 2.75) is 40.0 Å². The molecule has 33 heavy (non-hydrogen) atoms. The number of aromatic nitrogens is 1. The highest BCUT2D eigenvalue weighted by Crippen LogP contribution is 2.24. The lowest BCUT2D eigenvalue weighted by molar-refractivity contribution is -0.118. The number of ether oxygens (including phenoxy) is 1. The van der Waals surface area contributed by atoms with Crippen LogP contribution >= 0.6 is 0 Å². The van der Waals surface area contributed by atoms with Gasteiger partial charge in [0.2, 0.25) is 5.91 Å². The van der Waals surface area contributed by atoms with Gasteiger partial charge in [0, 0.05) is 49.1 Å². The van der Waals surface area contributed by atoms with E-state index in [1.54, 1.807) is 12.0 Å². The summed E-state index contributed by atoms with van der Waals surface area (Å²) >= 11 is 0. The normalized spacial score (nSPS) is 10.8. The number of methoxy groups -OCH3 is 1. The fourth-order valence-corrected chi connectivity index (χ4v) is 3.83. The Morgan fingerprint density at radius 3 is 2.12 bits per heavy atom. The molecule has 172 valence electrons. The monoisotopic (exact) mass is 444 g/mol. The molecule has 0 spiro atoms. The van der Waals surface area contributed by atoms with Gasteiger partial charge in [0.15, 0.2) is 5.78 Å². The molecule has 0 N–H and O–H groups in total. The van der Waals surface area contributed by atoms with Gasteiger partial charge in [-0.05, 0) is 55.2 Å². The second-order valence-electron chi connectivity index (χ2n) is 8.14. The van der Waals surface area contributed by atoms with Crippen molar-refractivity contribution in [2.75, 3.05) is 25.2 Å². The molecule has 5 nitrogen and oxygen atoms in total. The van der Waals surface area contributed by atoms with Crippen LogP contribution in [-0.2, 0) is 16.0 Å². The van der Waals surface area contributed by atoms with Gasteiger partial charge in [-0.1, -0.05) is 49.4 Å². The Morgan fingerprint density at radius 1 is 0.909 bits per heavy atom. The lowest BCUT2D eigenvalue weighted by atomic mass is 9.99. The van der Waals surface area contributed by atoms with Crippen molar-refractivity contribution in [3.63, 3.8) is 0 Å². The van der Waals surface area contributed by atoms with Gasteiger partial charge >= 0.3 is 0 Å². The molecule has 1 aromatic heterocycles. The highest BCUT2D eigenvalue weighted by atomic mass is 16.5. The summed E-state index contributed by atoms with van der Waals surface area (Å²) in [7, 11) is 1.63. The summed E-state index contributed by atoms with van der Waals surface area (Å²) in [6.07, 6.45) is 1.60. The topological polar surface area (TPSA) is 59.5 Å². The number of nitrogens with zero attached hydrogens (tertiary/aromatic N) is 2. The van der Waals surface area contributed by atoms with Gasteiger partial charge in [0.05, 0.1) is 6.61 Å². The number of carbonyl (C=O) groups is 2. The number of pyridine rings is 1. The van der Waals surface area contributed by atoms with Crippen molar-refractivity contribution in [1.82, 2.24) is 4.98 Å². The molecule has 1 heterocycles. The van der Waals surface area contributed by atoms with E-state index in [1.807, 2.05) is 75.4 Å². The smallest absolute Gasteiger partial charge is 0.226 e. The van der Waals surface area contributed by atoms with Gasteiger partial charge in [-0.3, -0.25) is 14.6 Å². The Balaban J connectivity index is 1.66. The van der Waals surface area contributed by atoms with E-state index in [0.717, 1.165) is 33.8 Å². The van der Waals surface area contributed by atoms with E-state index in [1.165, 1.54) is 0 Å². The minimum Gasteiger partial charge on any atom is -0.383 e. The van der Waals surface area contributed by atoms with Gasteiger partial charge in [0.25, 0.3) is 0 Å². The third-order valence-corrected chi connectivity index (χ3v) is 5.80. The second-order valence-corrected chi connectivity index (χ2v) is 8.14.